The molecule has 0 bridgehead atoms. The lowest BCUT2D eigenvalue weighted by Gasteiger charge is -2.12. The molecule has 102 valence electrons. The number of nitrogens with two attached hydrogens (primary N) is 1. The van der Waals surface area contributed by atoms with Crippen LogP contribution in [-0.2, 0) is 4.74 Å². The number of anilines is 1. The van der Waals surface area contributed by atoms with Crippen molar-refractivity contribution in [3.63, 3.8) is 0 Å². The highest BCUT2D eigenvalue weighted by Gasteiger charge is 2.29. The maximum atomic E-state index is 12.2. The molecule has 3 heterocycles. The van der Waals surface area contributed by atoms with Gasteiger partial charge in [0.15, 0.2) is 23.1 Å². The highest BCUT2D eigenvalue weighted by molar-refractivity contribution is 5.83. The fraction of sp³-hybridized carbons (Fsp3) is 0.556. The van der Waals surface area contributed by atoms with E-state index in [4.69, 9.17) is 15.6 Å². The van der Waals surface area contributed by atoms with Crippen LogP contribution in [0.25, 0.3) is 11.0 Å². The second-order valence-electron chi connectivity index (χ2n) is 4.28. The quantitative estimate of drug-likeness (QED) is 0.557. The molecule has 1 aliphatic rings. The minimum absolute atomic E-state index is 0.0421. The van der Waals surface area contributed by atoms with E-state index in [2.05, 4.69) is 15.4 Å². The standard InChI is InChI=1S/C9H12N6O4/c10-8-6-7(15(18)12-8)9(17)14(13-11-6)5-2-1-4(3-16)19-5/h4-5,16,18H,1-3H2,(H2,10,12). The van der Waals surface area contributed by atoms with E-state index in [0.717, 1.165) is 4.68 Å². The molecule has 4 N–H and O–H groups in total. The van der Waals surface area contributed by atoms with E-state index in [9.17, 15) is 10.0 Å². The smallest absolute Gasteiger partial charge is 0.302 e. The predicted octanol–water partition coefficient (Wildman–Crippen LogP) is -1.52. The van der Waals surface area contributed by atoms with Gasteiger partial charge in [-0.2, -0.15) is 4.68 Å². The van der Waals surface area contributed by atoms with Gasteiger partial charge in [0.2, 0.25) is 0 Å². The zero-order chi connectivity index (χ0) is 13.6. The average Bonchev–Trinajstić information content (AvgIpc) is 2.96. The average molecular weight is 268 g/mol. The summed E-state index contributed by atoms with van der Waals surface area (Å²) in [6, 6.07) is 0. The summed E-state index contributed by atoms with van der Waals surface area (Å²) in [4.78, 5) is 12.6. The van der Waals surface area contributed by atoms with Crippen molar-refractivity contribution in [2.75, 3.05) is 12.3 Å². The van der Waals surface area contributed by atoms with Crippen LogP contribution in [0.15, 0.2) is 4.79 Å². The third-order valence-corrected chi connectivity index (χ3v) is 3.08. The maximum Gasteiger partial charge on any atom is 0.302 e. The van der Waals surface area contributed by atoms with Crippen LogP contribution >= 0.6 is 0 Å². The number of hydrogen-bond donors (Lipinski definition) is 3. The molecule has 1 aliphatic heterocycles. The Labute approximate surface area is 106 Å². The molecule has 2 atom stereocenters. The van der Waals surface area contributed by atoms with Crippen molar-refractivity contribution < 1.29 is 15.1 Å². The fourth-order valence-electron chi connectivity index (χ4n) is 2.13. The second-order valence-corrected chi connectivity index (χ2v) is 4.28. The van der Waals surface area contributed by atoms with Crippen LogP contribution in [0.3, 0.4) is 0 Å². The molecule has 10 heteroatoms. The van der Waals surface area contributed by atoms with Crippen LogP contribution in [0.2, 0.25) is 0 Å². The minimum atomic E-state index is -0.613. The molecule has 10 nitrogen and oxygen atoms in total. The lowest BCUT2D eigenvalue weighted by Crippen LogP contribution is -2.30. The van der Waals surface area contributed by atoms with Crippen LogP contribution in [0.1, 0.15) is 19.1 Å². The SMILES string of the molecule is Nc1nn(O)c2c(=O)n(C3CCC(CO)O3)nnc12. The number of hydrogen-bond acceptors (Lipinski definition) is 8. The van der Waals surface area contributed by atoms with Crippen molar-refractivity contribution in [3.8, 4) is 0 Å². The first-order chi connectivity index (χ1) is 9.11. The van der Waals surface area contributed by atoms with Crippen molar-refractivity contribution in [3.05, 3.63) is 10.4 Å². The number of ether oxygens (including phenoxy) is 1. The summed E-state index contributed by atoms with van der Waals surface area (Å²) in [5.74, 6) is -0.0742. The van der Waals surface area contributed by atoms with E-state index < -0.39 is 11.8 Å². The Morgan fingerprint density at radius 2 is 2.26 bits per heavy atom. The molecule has 3 rings (SSSR count). The number of nitrogens with zero attached hydrogens (tertiary/aromatic N) is 5. The summed E-state index contributed by atoms with van der Waals surface area (Å²) in [5, 5.41) is 29.5. The van der Waals surface area contributed by atoms with Crippen LogP contribution in [0, 0.1) is 0 Å². The molecule has 0 saturated carbocycles. The molecule has 0 aliphatic carbocycles. The van der Waals surface area contributed by atoms with Gasteiger partial charge in [-0.3, -0.25) is 4.79 Å². The Morgan fingerprint density at radius 1 is 1.47 bits per heavy atom. The van der Waals surface area contributed by atoms with E-state index >= 15 is 0 Å². The molecule has 2 aromatic rings. The minimum Gasteiger partial charge on any atom is -0.411 e. The topological polar surface area (TPSA) is 141 Å². The molecule has 1 fully saturated rings. The van der Waals surface area contributed by atoms with Crippen LogP contribution in [0.4, 0.5) is 5.82 Å². The van der Waals surface area contributed by atoms with Crippen LogP contribution < -0.4 is 11.3 Å². The Balaban J connectivity index is 2.09. The third-order valence-electron chi connectivity index (χ3n) is 3.08. The number of rotatable bonds is 2. The zero-order valence-electron chi connectivity index (χ0n) is 9.80. The summed E-state index contributed by atoms with van der Waals surface area (Å²) >= 11 is 0. The Kier molecular flexibility index (Phi) is 2.61. The largest absolute Gasteiger partial charge is 0.411 e. The maximum absolute atomic E-state index is 12.2. The van der Waals surface area contributed by atoms with E-state index in [1.54, 1.807) is 0 Å². The number of nitrogen functional groups attached to an aromatic ring is 1. The van der Waals surface area contributed by atoms with Gasteiger partial charge in [-0.05, 0) is 12.8 Å². The van der Waals surface area contributed by atoms with E-state index in [1.807, 2.05) is 0 Å². The molecule has 2 unspecified atom stereocenters. The summed E-state index contributed by atoms with van der Waals surface area (Å²) in [7, 11) is 0. The van der Waals surface area contributed by atoms with Crippen molar-refractivity contribution in [2.45, 2.75) is 25.2 Å². The fourth-order valence-corrected chi connectivity index (χ4v) is 2.13. The van der Waals surface area contributed by atoms with E-state index in [-0.39, 0.29) is 29.6 Å². The van der Waals surface area contributed by atoms with Gasteiger partial charge in [0, 0.05) is 0 Å². The van der Waals surface area contributed by atoms with Gasteiger partial charge in [0.1, 0.15) is 0 Å². The van der Waals surface area contributed by atoms with Gasteiger partial charge >= 0.3 is 5.56 Å². The molecule has 0 aromatic carbocycles. The molecular weight excluding hydrogens is 256 g/mol. The highest BCUT2D eigenvalue weighted by Crippen LogP contribution is 2.26. The van der Waals surface area contributed by atoms with E-state index in [0.29, 0.717) is 17.7 Å². The monoisotopic (exact) mass is 268 g/mol. The Bertz CT molecular complexity index is 679. The van der Waals surface area contributed by atoms with E-state index in [1.165, 1.54) is 0 Å². The Hall–Kier alpha value is -2.20. The Morgan fingerprint density at radius 3 is 2.95 bits per heavy atom. The first kappa shape index (κ1) is 11.9. The molecule has 0 spiro atoms. The number of aromatic nitrogens is 5. The van der Waals surface area contributed by atoms with Gasteiger partial charge in [0.25, 0.3) is 0 Å². The first-order valence-corrected chi connectivity index (χ1v) is 5.71. The number of fused-ring (bicyclic) bond motifs is 1. The van der Waals surface area contributed by atoms with Crippen molar-refractivity contribution in [2.24, 2.45) is 0 Å². The van der Waals surface area contributed by atoms with Gasteiger partial charge in [-0.25, -0.2) is 0 Å². The van der Waals surface area contributed by atoms with Gasteiger partial charge < -0.3 is 20.8 Å². The van der Waals surface area contributed by atoms with Gasteiger partial charge in [-0.15, -0.1) is 10.2 Å². The summed E-state index contributed by atoms with van der Waals surface area (Å²) < 4.78 is 6.46. The van der Waals surface area contributed by atoms with Crippen molar-refractivity contribution in [1.29, 1.82) is 0 Å². The van der Waals surface area contributed by atoms with Crippen LogP contribution in [0.5, 0.6) is 0 Å². The van der Waals surface area contributed by atoms with Gasteiger partial charge in [-0.1, -0.05) is 10.1 Å². The summed E-state index contributed by atoms with van der Waals surface area (Å²) in [6.07, 6.45) is 0.213. The molecule has 2 aromatic heterocycles. The number of aliphatic hydroxyl groups excluding tert-OH is 1. The van der Waals surface area contributed by atoms with Crippen LogP contribution in [-0.4, -0.2) is 48.0 Å². The van der Waals surface area contributed by atoms with Crippen molar-refractivity contribution in [1.82, 2.24) is 24.9 Å². The lowest BCUT2D eigenvalue weighted by atomic mass is 10.2. The summed E-state index contributed by atoms with van der Waals surface area (Å²) in [5.41, 5.74) is 4.78. The van der Waals surface area contributed by atoms with Crippen molar-refractivity contribution >= 4 is 16.9 Å². The predicted molar refractivity (Wildman–Crippen MR) is 61.4 cm³/mol. The molecule has 0 amide bonds. The zero-order valence-corrected chi connectivity index (χ0v) is 9.80. The molecule has 19 heavy (non-hydrogen) atoms. The third kappa shape index (κ3) is 1.72. The molecular formula is C9H12N6O4. The highest BCUT2D eigenvalue weighted by atomic mass is 16.5. The van der Waals surface area contributed by atoms with Gasteiger partial charge in [0.05, 0.1) is 12.7 Å². The molecule has 0 radical (unpaired) electrons. The summed E-state index contributed by atoms with van der Waals surface area (Å²) in [6.45, 7) is -0.119. The number of aliphatic hydroxyl groups is 1. The normalized spacial score (nSPS) is 23.2. The molecule has 1 saturated heterocycles. The lowest BCUT2D eigenvalue weighted by molar-refractivity contribution is -0.0316. The first-order valence-electron chi connectivity index (χ1n) is 5.71. The second kappa shape index (κ2) is 4.17.